The quantitative estimate of drug-likeness (QED) is 0.794. The van der Waals surface area contributed by atoms with Crippen LogP contribution in [0.15, 0.2) is 30.3 Å². The highest BCUT2D eigenvalue weighted by Gasteiger charge is 2.25. The lowest BCUT2D eigenvalue weighted by molar-refractivity contribution is -0.0414. The summed E-state index contributed by atoms with van der Waals surface area (Å²) in [6.45, 7) is 1.22. The molecule has 2 heterocycles. The van der Waals surface area contributed by atoms with Gasteiger partial charge in [-0.2, -0.15) is 0 Å². The molecule has 6 heteroatoms. The van der Waals surface area contributed by atoms with Crippen LogP contribution in [0.1, 0.15) is 28.4 Å². The van der Waals surface area contributed by atoms with Crippen LogP contribution in [0.2, 0.25) is 9.36 Å². The van der Waals surface area contributed by atoms with E-state index in [-0.39, 0.29) is 12.4 Å². The SMILES string of the molecule is COC(c1cccc(Cl)c1)c1cc(C2OCCO2)sc1Cl. The van der Waals surface area contributed by atoms with Gasteiger partial charge in [-0.3, -0.25) is 0 Å². The summed E-state index contributed by atoms with van der Waals surface area (Å²) >= 11 is 13.9. The van der Waals surface area contributed by atoms with Crippen LogP contribution < -0.4 is 0 Å². The summed E-state index contributed by atoms with van der Waals surface area (Å²) in [5, 5.41) is 0.670. The van der Waals surface area contributed by atoms with Crippen LogP contribution in [0.3, 0.4) is 0 Å². The van der Waals surface area contributed by atoms with E-state index in [0.29, 0.717) is 22.6 Å². The summed E-state index contributed by atoms with van der Waals surface area (Å²) in [5.41, 5.74) is 1.87. The number of hydrogen-bond donors (Lipinski definition) is 0. The van der Waals surface area contributed by atoms with Gasteiger partial charge in [-0.25, -0.2) is 0 Å². The summed E-state index contributed by atoms with van der Waals surface area (Å²) in [6, 6.07) is 9.56. The molecule has 0 N–H and O–H groups in total. The van der Waals surface area contributed by atoms with Gasteiger partial charge in [0, 0.05) is 17.7 Å². The van der Waals surface area contributed by atoms with Crippen molar-refractivity contribution >= 4 is 34.5 Å². The van der Waals surface area contributed by atoms with E-state index in [0.717, 1.165) is 16.0 Å². The molecule has 0 spiro atoms. The minimum Gasteiger partial charge on any atom is -0.372 e. The number of benzene rings is 1. The van der Waals surface area contributed by atoms with Gasteiger partial charge in [0.25, 0.3) is 0 Å². The van der Waals surface area contributed by atoms with E-state index >= 15 is 0 Å². The van der Waals surface area contributed by atoms with Crippen molar-refractivity contribution in [3.8, 4) is 0 Å². The second-order valence-corrected chi connectivity index (χ2v) is 6.74. The first kappa shape index (κ1) is 15.3. The van der Waals surface area contributed by atoms with Crippen LogP contribution in [-0.4, -0.2) is 20.3 Å². The molecular weight excluding hydrogens is 331 g/mol. The van der Waals surface area contributed by atoms with E-state index < -0.39 is 0 Å². The van der Waals surface area contributed by atoms with E-state index in [4.69, 9.17) is 37.4 Å². The number of ether oxygens (including phenoxy) is 3. The molecule has 1 aromatic carbocycles. The molecule has 3 nitrogen and oxygen atoms in total. The van der Waals surface area contributed by atoms with Crippen LogP contribution in [0.5, 0.6) is 0 Å². The number of rotatable bonds is 4. The fourth-order valence-electron chi connectivity index (χ4n) is 2.33. The van der Waals surface area contributed by atoms with Crippen molar-refractivity contribution in [3.05, 3.63) is 55.7 Å². The van der Waals surface area contributed by atoms with Gasteiger partial charge in [-0.15, -0.1) is 11.3 Å². The molecule has 112 valence electrons. The first-order chi connectivity index (χ1) is 10.2. The number of methoxy groups -OCH3 is 1. The van der Waals surface area contributed by atoms with Crippen molar-refractivity contribution in [1.82, 2.24) is 0 Å². The standard InChI is InChI=1S/C15H14Cl2O3S/c1-18-13(9-3-2-4-10(16)7-9)11-8-12(21-14(11)17)15-19-5-6-20-15/h2-4,7-8,13,15H,5-6H2,1H3. The summed E-state index contributed by atoms with van der Waals surface area (Å²) in [5.74, 6) is 0. The molecule has 1 atom stereocenters. The van der Waals surface area contributed by atoms with Crippen LogP contribution in [-0.2, 0) is 14.2 Å². The van der Waals surface area contributed by atoms with E-state index in [1.54, 1.807) is 7.11 Å². The average molecular weight is 345 g/mol. The minimum absolute atomic E-state index is 0.261. The van der Waals surface area contributed by atoms with Crippen molar-refractivity contribution in [1.29, 1.82) is 0 Å². The molecule has 0 aliphatic carbocycles. The molecule has 1 unspecified atom stereocenters. The van der Waals surface area contributed by atoms with E-state index in [1.165, 1.54) is 11.3 Å². The Labute approximate surface area is 137 Å². The van der Waals surface area contributed by atoms with Crippen molar-refractivity contribution in [2.45, 2.75) is 12.4 Å². The summed E-state index contributed by atoms with van der Waals surface area (Å²) in [7, 11) is 1.65. The fraction of sp³-hybridized carbons (Fsp3) is 0.333. The molecule has 1 aromatic heterocycles. The van der Waals surface area contributed by atoms with Crippen molar-refractivity contribution in [2.24, 2.45) is 0 Å². The highest BCUT2D eigenvalue weighted by molar-refractivity contribution is 7.16. The lowest BCUT2D eigenvalue weighted by Crippen LogP contribution is -2.03. The van der Waals surface area contributed by atoms with Gasteiger partial charge in [-0.1, -0.05) is 35.3 Å². The van der Waals surface area contributed by atoms with Gasteiger partial charge in [0.05, 0.1) is 22.4 Å². The Morgan fingerprint density at radius 2 is 2.00 bits per heavy atom. The maximum atomic E-state index is 6.38. The lowest BCUT2D eigenvalue weighted by atomic mass is 10.0. The molecular formula is C15H14Cl2O3S. The molecule has 0 saturated carbocycles. The zero-order valence-electron chi connectivity index (χ0n) is 11.3. The first-order valence-corrected chi connectivity index (χ1v) is 8.07. The topological polar surface area (TPSA) is 27.7 Å². The van der Waals surface area contributed by atoms with Crippen LogP contribution in [0, 0.1) is 0 Å². The Hall–Kier alpha value is -0.620. The normalized spacial score (nSPS) is 17.3. The van der Waals surface area contributed by atoms with Gasteiger partial charge < -0.3 is 14.2 Å². The third kappa shape index (κ3) is 3.26. The number of thiophene rings is 1. The van der Waals surface area contributed by atoms with E-state index in [9.17, 15) is 0 Å². The number of hydrogen-bond acceptors (Lipinski definition) is 4. The van der Waals surface area contributed by atoms with E-state index in [1.807, 2.05) is 30.3 Å². The van der Waals surface area contributed by atoms with E-state index in [2.05, 4.69) is 0 Å². The predicted molar refractivity (Wildman–Crippen MR) is 84.3 cm³/mol. The molecule has 2 aromatic rings. The van der Waals surface area contributed by atoms with Gasteiger partial charge in [0.2, 0.25) is 0 Å². The monoisotopic (exact) mass is 344 g/mol. The zero-order valence-corrected chi connectivity index (χ0v) is 13.7. The van der Waals surface area contributed by atoms with Gasteiger partial charge in [-0.05, 0) is 23.8 Å². The third-order valence-electron chi connectivity index (χ3n) is 3.26. The van der Waals surface area contributed by atoms with Gasteiger partial charge >= 0.3 is 0 Å². The fourth-order valence-corrected chi connectivity index (χ4v) is 3.86. The molecule has 0 bridgehead atoms. The molecule has 1 saturated heterocycles. The molecule has 1 aliphatic rings. The summed E-state index contributed by atoms with van der Waals surface area (Å²) in [4.78, 5) is 0.955. The molecule has 21 heavy (non-hydrogen) atoms. The Kier molecular flexibility index (Phi) is 4.84. The zero-order chi connectivity index (χ0) is 14.8. The smallest absolute Gasteiger partial charge is 0.193 e. The molecule has 1 fully saturated rings. The Bertz CT molecular complexity index is 623. The Balaban J connectivity index is 1.93. The molecule has 0 amide bonds. The molecule has 3 rings (SSSR count). The van der Waals surface area contributed by atoms with Crippen molar-refractivity contribution in [2.75, 3.05) is 20.3 Å². The second kappa shape index (κ2) is 6.65. The minimum atomic E-state index is -0.321. The second-order valence-electron chi connectivity index (χ2n) is 4.62. The van der Waals surface area contributed by atoms with Crippen LogP contribution >= 0.6 is 34.5 Å². The highest BCUT2D eigenvalue weighted by atomic mass is 35.5. The largest absolute Gasteiger partial charge is 0.372 e. The van der Waals surface area contributed by atoms with Crippen molar-refractivity contribution < 1.29 is 14.2 Å². The summed E-state index contributed by atoms with van der Waals surface area (Å²) < 4.78 is 17.3. The summed E-state index contributed by atoms with van der Waals surface area (Å²) in [6.07, 6.45) is -0.583. The lowest BCUT2D eigenvalue weighted by Gasteiger charge is -2.15. The van der Waals surface area contributed by atoms with Crippen molar-refractivity contribution in [3.63, 3.8) is 0 Å². The predicted octanol–water partition coefficient (Wildman–Crippen LogP) is 4.84. The third-order valence-corrected chi connectivity index (χ3v) is 4.90. The van der Waals surface area contributed by atoms with Gasteiger partial charge in [0.1, 0.15) is 6.10 Å². The highest BCUT2D eigenvalue weighted by Crippen LogP contribution is 2.41. The van der Waals surface area contributed by atoms with Crippen LogP contribution in [0.25, 0.3) is 0 Å². The Morgan fingerprint density at radius 1 is 1.24 bits per heavy atom. The number of halogens is 2. The van der Waals surface area contributed by atoms with Gasteiger partial charge in [0.15, 0.2) is 6.29 Å². The molecule has 0 radical (unpaired) electrons. The molecule has 1 aliphatic heterocycles. The maximum Gasteiger partial charge on any atom is 0.193 e. The maximum absolute atomic E-state index is 6.38. The first-order valence-electron chi connectivity index (χ1n) is 6.49. The van der Waals surface area contributed by atoms with Crippen LogP contribution in [0.4, 0.5) is 0 Å². The Morgan fingerprint density at radius 3 is 2.67 bits per heavy atom. The average Bonchev–Trinajstić information content (AvgIpc) is 3.10.